The molecule has 0 unspecified atom stereocenters. The van der Waals surface area contributed by atoms with E-state index in [1.54, 1.807) is 13.2 Å². The van der Waals surface area contributed by atoms with Gasteiger partial charge in [-0.15, -0.1) is 0 Å². The SMILES string of the molecule is COc1cccc(C2CC(Nc3ccc(C)cc3F)C2)c1. The van der Waals surface area contributed by atoms with Gasteiger partial charge in [0, 0.05) is 6.04 Å². The van der Waals surface area contributed by atoms with Crippen LogP contribution in [0, 0.1) is 12.7 Å². The first-order valence-electron chi connectivity index (χ1n) is 7.32. The molecule has 3 heteroatoms. The fourth-order valence-corrected chi connectivity index (χ4v) is 2.86. The second-order valence-electron chi connectivity index (χ2n) is 5.77. The second kappa shape index (κ2) is 5.76. The Bertz CT molecular complexity index is 635. The van der Waals surface area contributed by atoms with E-state index in [-0.39, 0.29) is 5.82 Å². The van der Waals surface area contributed by atoms with Crippen molar-refractivity contribution in [2.45, 2.75) is 31.7 Å². The van der Waals surface area contributed by atoms with E-state index >= 15 is 0 Å². The first-order valence-corrected chi connectivity index (χ1v) is 7.32. The summed E-state index contributed by atoms with van der Waals surface area (Å²) in [5.41, 5.74) is 2.85. The van der Waals surface area contributed by atoms with Crippen LogP contribution in [-0.2, 0) is 0 Å². The van der Waals surface area contributed by atoms with Gasteiger partial charge in [-0.25, -0.2) is 4.39 Å². The Balaban J connectivity index is 1.60. The summed E-state index contributed by atoms with van der Waals surface area (Å²) in [4.78, 5) is 0. The predicted molar refractivity (Wildman–Crippen MR) is 83.5 cm³/mol. The van der Waals surface area contributed by atoms with Crippen molar-refractivity contribution in [1.29, 1.82) is 0 Å². The summed E-state index contributed by atoms with van der Waals surface area (Å²) in [6.07, 6.45) is 2.06. The van der Waals surface area contributed by atoms with Crippen molar-refractivity contribution in [3.05, 3.63) is 59.4 Å². The van der Waals surface area contributed by atoms with Gasteiger partial charge in [-0.1, -0.05) is 18.2 Å². The Kier molecular flexibility index (Phi) is 3.82. The van der Waals surface area contributed by atoms with Crippen molar-refractivity contribution >= 4 is 5.69 Å². The molecule has 0 atom stereocenters. The molecule has 0 amide bonds. The van der Waals surface area contributed by atoms with Gasteiger partial charge in [0.05, 0.1) is 12.8 Å². The normalized spacial score (nSPS) is 20.7. The summed E-state index contributed by atoms with van der Waals surface area (Å²) in [5, 5.41) is 3.30. The summed E-state index contributed by atoms with van der Waals surface area (Å²) in [6, 6.07) is 13.9. The van der Waals surface area contributed by atoms with Crippen LogP contribution in [0.3, 0.4) is 0 Å². The standard InChI is InChI=1S/C18H20FNO/c1-12-6-7-18(17(19)8-12)20-15-9-14(10-15)13-4-3-5-16(11-13)21-2/h3-8,11,14-15,20H,9-10H2,1-2H3. The highest BCUT2D eigenvalue weighted by atomic mass is 19.1. The van der Waals surface area contributed by atoms with Gasteiger partial charge in [0.25, 0.3) is 0 Å². The van der Waals surface area contributed by atoms with Gasteiger partial charge in [-0.05, 0) is 61.1 Å². The molecule has 1 saturated carbocycles. The summed E-state index contributed by atoms with van der Waals surface area (Å²) >= 11 is 0. The predicted octanol–water partition coefficient (Wildman–Crippen LogP) is 4.50. The number of nitrogens with one attached hydrogen (secondary N) is 1. The lowest BCUT2D eigenvalue weighted by Gasteiger charge is -2.37. The van der Waals surface area contributed by atoms with Gasteiger partial charge < -0.3 is 10.1 Å². The molecule has 2 aromatic carbocycles. The van der Waals surface area contributed by atoms with Crippen LogP contribution in [0.25, 0.3) is 0 Å². The van der Waals surface area contributed by atoms with E-state index < -0.39 is 0 Å². The number of hydrogen-bond donors (Lipinski definition) is 1. The van der Waals surface area contributed by atoms with Gasteiger partial charge in [0.1, 0.15) is 11.6 Å². The molecule has 0 aliphatic heterocycles. The van der Waals surface area contributed by atoms with E-state index in [9.17, 15) is 4.39 Å². The topological polar surface area (TPSA) is 21.3 Å². The minimum atomic E-state index is -0.167. The molecule has 1 N–H and O–H groups in total. The Hall–Kier alpha value is -2.03. The molecule has 0 spiro atoms. The number of halogens is 1. The van der Waals surface area contributed by atoms with Crippen LogP contribution in [0.1, 0.15) is 29.9 Å². The lowest BCUT2D eigenvalue weighted by atomic mass is 9.75. The molecule has 0 radical (unpaired) electrons. The minimum Gasteiger partial charge on any atom is -0.497 e. The van der Waals surface area contributed by atoms with Crippen LogP contribution in [0.15, 0.2) is 42.5 Å². The second-order valence-corrected chi connectivity index (χ2v) is 5.77. The number of aryl methyl sites for hydroxylation is 1. The largest absolute Gasteiger partial charge is 0.497 e. The number of benzene rings is 2. The van der Waals surface area contributed by atoms with Gasteiger partial charge in [-0.2, -0.15) is 0 Å². The molecule has 1 fully saturated rings. The highest BCUT2D eigenvalue weighted by Gasteiger charge is 2.30. The maximum Gasteiger partial charge on any atom is 0.146 e. The highest BCUT2D eigenvalue weighted by Crippen LogP contribution is 2.39. The number of ether oxygens (including phenoxy) is 1. The third-order valence-corrected chi connectivity index (χ3v) is 4.19. The van der Waals surface area contributed by atoms with Crippen molar-refractivity contribution in [1.82, 2.24) is 0 Å². The molecule has 1 aliphatic carbocycles. The zero-order valence-corrected chi connectivity index (χ0v) is 12.4. The van der Waals surface area contributed by atoms with Crippen LogP contribution in [-0.4, -0.2) is 13.2 Å². The molecular weight excluding hydrogens is 265 g/mol. The first-order chi connectivity index (χ1) is 10.2. The lowest BCUT2D eigenvalue weighted by molar-refractivity contribution is 0.369. The Morgan fingerprint density at radius 1 is 1.14 bits per heavy atom. The Labute approximate surface area is 125 Å². The van der Waals surface area contributed by atoms with Crippen molar-refractivity contribution < 1.29 is 9.13 Å². The van der Waals surface area contributed by atoms with Crippen LogP contribution in [0.5, 0.6) is 5.75 Å². The quantitative estimate of drug-likeness (QED) is 0.893. The Morgan fingerprint density at radius 3 is 2.67 bits per heavy atom. The molecule has 0 saturated heterocycles. The van der Waals surface area contributed by atoms with Gasteiger partial charge in [0.15, 0.2) is 0 Å². The smallest absolute Gasteiger partial charge is 0.146 e. The van der Waals surface area contributed by atoms with Crippen molar-refractivity contribution in [3.8, 4) is 5.75 Å². The fourth-order valence-electron chi connectivity index (χ4n) is 2.86. The van der Waals surface area contributed by atoms with Crippen molar-refractivity contribution in [3.63, 3.8) is 0 Å². The third-order valence-electron chi connectivity index (χ3n) is 4.19. The maximum atomic E-state index is 13.8. The van der Waals surface area contributed by atoms with Crippen LogP contribution in [0.4, 0.5) is 10.1 Å². The van der Waals surface area contributed by atoms with E-state index in [0.29, 0.717) is 17.6 Å². The van der Waals surface area contributed by atoms with E-state index in [4.69, 9.17) is 4.74 Å². The molecule has 0 aromatic heterocycles. The molecule has 2 aromatic rings. The zero-order valence-electron chi connectivity index (χ0n) is 12.4. The van der Waals surface area contributed by atoms with Crippen molar-refractivity contribution in [2.75, 3.05) is 12.4 Å². The van der Waals surface area contributed by atoms with Gasteiger partial charge >= 0.3 is 0 Å². The molecular formula is C18H20FNO. The first kappa shape index (κ1) is 13.9. The van der Waals surface area contributed by atoms with E-state index in [1.165, 1.54) is 5.56 Å². The summed E-state index contributed by atoms with van der Waals surface area (Å²) in [7, 11) is 1.68. The van der Waals surface area contributed by atoms with Gasteiger partial charge in [-0.3, -0.25) is 0 Å². The van der Waals surface area contributed by atoms with E-state index in [1.807, 2.05) is 31.2 Å². The monoisotopic (exact) mass is 285 g/mol. The van der Waals surface area contributed by atoms with Gasteiger partial charge in [0.2, 0.25) is 0 Å². The number of hydrogen-bond acceptors (Lipinski definition) is 2. The Morgan fingerprint density at radius 2 is 1.95 bits per heavy atom. The van der Waals surface area contributed by atoms with E-state index in [2.05, 4.69) is 17.4 Å². The number of rotatable bonds is 4. The molecule has 110 valence electrons. The molecule has 21 heavy (non-hydrogen) atoms. The minimum absolute atomic E-state index is 0.167. The maximum absolute atomic E-state index is 13.8. The summed E-state index contributed by atoms with van der Waals surface area (Å²) in [6.45, 7) is 1.90. The number of anilines is 1. The van der Waals surface area contributed by atoms with Crippen LogP contribution in [0.2, 0.25) is 0 Å². The average molecular weight is 285 g/mol. The summed E-state index contributed by atoms with van der Waals surface area (Å²) in [5.74, 6) is 1.26. The third kappa shape index (κ3) is 3.02. The fraction of sp³-hybridized carbons (Fsp3) is 0.333. The highest BCUT2D eigenvalue weighted by molar-refractivity contribution is 5.48. The zero-order chi connectivity index (χ0) is 14.8. The molecule has 3 rings (SSSR count). The molecule has 0 bridgehead atoms. The van der Waals surface area contributed by atoms with Crippen LogP contribution >= 0.6 is 0 Å². The molecule has 2 nitrogen and oxygen atoms in total. The number of methoxy groups -OCH3 is 1. The van der Waals surface area contributed by atoms with E-state index in [0.717, 1.165) is 24.2 Å². The van der Waals surface area contributed by atoms with Crippen molar-refractivity contribution in [2.24, 2.45) is 0 Å². The molecule has 0 heterocycles. The molecule has 1 aliphatic rings. The van der Waals surface area contributed by atoms with Crippen LogP contribution < -0.4 is 10.1 Å². The lowest BCUT2D eigenvalue weighted by Crippen LogP contribution is -2.34. The average Bonchev–Trinajstić information content (AvgIpc) is 2.44. The summed E-state index contributed by atoms with van der Waals surface area (Å²) < 4.78 is 19.1.